The molecule has 3 rings (SSSR count). The van der Waals surface area contributed by atoms with E-state index in [0.717, 1.165) is 26.1 Å². The van der Waals surface area contributed by atoms with Gasteiger partial charge in [0.2, 0.25) is 0 Å². The van der Waals surface area contributed by atoms with Crippen molar-refractivity contribution in [3.05, 3.63) is 28.1 Å². The van der Waals surface area contributed by atoms with Crippen LogP contribution in [0.15, 0.2) is 12.3 Å². The van der Waals surface area contributed by atoms with Crippen molar-refractivity contribution in [1.29, 1.82) is 0 Å². The van der Waals surface area contributed by atoms with Gasteiger partial charge in [-0.15, -0.1) is 0 Å². The minimum Gasteiger partial charge on any atom is -0.340 e. The zero-order valence-electron chi connectivity index (χ0n) is 10.7. The monoisotopic (exact) mass is 264 g/mol. The zero-order valence-corrected chi connectivity index (χ0v) is 10.7. The minimum atomic E-state index is -0.472. The molecule has 102 valence electrons. The third kappa shape index (κ3) is 1.90. The van der Waals surface area contributed by atoms with E-state index in [4.69, 9.17) is 0 Å². The lowest BCUT2D eigenvalue weighted by Crippen LogP contribution is -2.39. The normalized spacial score (nSPS) is 25.6. The van der Waals surface area contributed by atoms with Crippen molar-refractivity contribution in [2.75, 3.05) is 19.6 Å². The molecule has 3 heterocycles. The molecule has 2 aliphatic heterocycles. The minimum absolute atomic E-state index is 0.0360. The van der Waals surface area contributed by atoms with Crippen LogP contribution in [-0.2, 0) is 7.05 Å². The van der Waals surface area contributed by atoms with Gasteiger partial charge in [-0.1, -0.05) is 0 Å². The highest BCUT2D eigenvalue weighted by molar-refractivity contribution is 5.94. The maximum absolute atomic E-state index is 12.5. The molecule has 0 saturated carbocycles. The summed E-state index contributed by atoms with van der Waals surface area (Å²) in [5.41, 5.74) is 0.352. The molecule has 0 aliphatic carbocycles. The Bertz CT molecular complexity index is 539. The average Bonchev–Trinajstić information content (AvgIpc) is 3.01. The Morgan fingerprint density at radius 3 is 3.00 bits per heavy atom. The van der Waals surface area contributed by atoms with E-state index in [2.05, 4.69) is 5.32 Å². The number of carbonyl (C=O) groups is 1. The first kappa shape index (κ1) is 12.2. The molecule has 1 aromatic rings. The van der Waals surface area contributed by atoms with Crippen LogP contribution >= 0.6 is 0 Å². The van der Waals surface area contributed by atoms with Gasteiger partial charge in [-0.3, -0.25) is 14.9 Å². The molecule has 1 amide bonds. The topological polar surface area (TPSA) is 80.4 Å². The van der Waals surface area contributed by atoms with E-state index in [1.165, 1.54) is 16.8 Å². The van der Waals surface area contributed by atoms with Crippen molar-refractivity contribution in [2.24, 2.45) is 13.0 Å². The van der Waals surface area contributed by atoms with Crippen LogP contribution in [0.25, 0.3) is 0 Å². The van der Waals surface area contributed by atoms with Gasteiger partial charge in [0.25, 0.3) is 11.6 Å². The molecular formula is C12H16N4O3. The van der Waals surface area contributed by atoms with Crippen LogP contribution in [0, 0.1) is 16.0 Å². The number of rotatable bonds is 2. The number of likely N-dealkylation sites (tertiary alicyclic amines) is 1. The fourth-order valence-corrected chi connectivity index (χ4v) is 3.11. The smallest absolute Gasteiger partial charge is 0.287 e. The van der Waals surface area contributed by atoms with Crippen LogP contribution in [0.4, 0.5) is 5.69 Å². The Hall–Kier alpha value is -1.89. The Labute approximate surface area is 110 Å². The molecule has 2 atom stereocenters. The Balaban J connectivity index is 1.86. The summed E-state index contributed by atoms with van der Waals surface area (Å²) in [4.78, 5) is 24.6. The van der Waals surface area contributed by atoms with E-state index in [0.29, 0.717) is 11.6 Å². The van der Waals surface area contributed by atoms with Gasteiger partial charge in [0.15, 0.2) is 0 Å². The molecule has 0 aromatic carbocycles. The molecule has 19 heavy (non-hydrogen) atoms. The van der Waals surface area contributed by atoms with E-state index in [1.54, 1.807) is 7.05 Å². The lowest BCUT2D eigenvalue weighted by molar-refractivity contribution is -0.384. The Morgan fingerprint density at radius 1 is 1.53 bits per heavy atom. The molecule has 7 heteroatoms. The zero-order chi connectivity index (χ0) is 13.6. The molecule has 0 bridgehead atoms. The molecule has 0 spiro atoms. The van der Waals surface area contributed by atoms with Crippen molar-refractivity contribution in [1.82, 2.24) is 14.8 Å². The van der Waals surface area contributed by atoms with Gasteiger partial charge >= 0.3 is 0 Å². The molecule has 7 nitrogen and oxygen atoms in total. The largest absolute Gasteiger partial charge is 0.340 e. The molecule has 2 saturated heterocycles. The van der Waals surface area contributed by atoms with Gasteiger partial charge in [-0.25, -0.2) is 0 Å². The van der Waals surface area contributed by atoms with E-state index >= 15 is 0 Å². The molecule has 1 aromatic heterocycles. The number of aryl methyl sites for hydroxylation is 1. The third-order valence-corrected chi connectivity index (χ3v) is 4.13. The molecule has 1 N–H and O–H groups in total. The number of amides is 1. The highest BCUT2D eigenvalue weighted by Crippen LogP contribution is 2.29. The molecule has 0 unspecified atom stereocenters. The second kappa shape index (κ2) is 4.34. The fraction of sp³-hybridized carbons (Fsp3) is 0.583. The van der Waals surface area contributed by atoms with Crippen molar-refractivity contribution in [2.45, 2.75) is 12.5 Å². The van der Waals surface area contributed by atoms with Crippen LogP contribution in [0.3, 0.4) is 0 Å². The van der Waals surface area contributed by atoms with E-state index in [-0.39, 0.29) is 17.6 Å². The average molecular weight is 264 g/mol. The van der Waals surface area contributed by atoms with Gasteiger partial charge < -0.3 is 14.8 Å². The highest BCUT2D eigenvalue weighted by atomic mass is 16.6. The van der Waals surface area contributed by atoms with Crippen molar-refractivity contribution < 1.29 is 9.72 Å². The summed E-state index contributed by atoms with van der Waals surface area (Å²) in [6.07, 6.45) is 2.39. The van der Waals surface area contributed by atoms with Crippen molar-refractivity contribution >= 4 is 11.6 Å². The number of hydrogen-bond acceptors (Lipinski definition) is 4. The summed E-state index contributed by atoms with van der Waals surface area (Å²) in [6.45, 7) is 2.53. The maximum atomic E-state index is 12.5. The number of carbonyl (C=O) groups excluding carboxylic acids is 1. The first-order valence-corrected chi connectivity index (χ1v) is 6.40. The Kier molecular flexibility index (Phi) is 2.78. The number of nitrogens with zero attached hydrogens (tertiary/aromatic N) is 3. The van der Waals surface area contributed by atoms with Gasteiger partial charge in [0.05, 0.1) is 11.1 Å². The van der Waals surface area contributed by atoms with Gasteiger partial charge in [-0.05, 0) is 12.3 Å². The first-order valence-electron chi connectivity index (χ1n) is 6.40. The summed E-state index contributed by atoms with van der Waals surface area (Å²) in [6, 6.07) is 1.60. The number of nitro groups is 1. The summed E-state index contributed by atoms with van der Waals surface area (Å²) in [7, 11) is 1.67. The van der Waals surface area contributed by atoms with E-state index < -0.39 is 4.92 Å². The SMILES string of the molecule is Cn1cc([N+](=O)[O-])cc1C(=O)N1CC[C@H]2CNC[C@H]21. The van der Waals surface area contributed by atoms with Crippen molar-refractivity contribution in [3.8, 4) is 0 Å². The Morgan fingerprint density at radius 2 is 2.32 bits per heavy atom. The fourth-order valence-electron chi connectivity index (χ4n) is 3.11. The summed E-state index contributed by atoms with van der Waals surface area (Å²) >= 11 is 0. The number of nitrogens with one attached hydrogen (secondary N) is 1. The summed E-state index contributed by atoms with van der Waals surface area (Å²) in [5.74, 6) is 0.422. The second-order valence-corrected chi connectivity index (χ2v) is 5.22. The van der Waals surface area contributed by atoms with Gasteiger partial charge in [-0.2, -0.15) is 0 Å². The number of fused-ring (bicyclic) bond motifs is 1. The van der Waals surface area contributed by atoms with Crippen LogP contribution in [-0.4, -0.2) is 46.0 Å². The lowest BCUT2D eigenvalue weighted by atomic mass is 10.1. The third-order valence-electron chi connectivity index (χ3n) is 4.13. The molecule has 0 radical (unpaired) electrons. The summed E-state index contributed by atoms with van der Waals surface area (Å²) < 4.78 is 1.54. The molecule has 2 fully saturated rings. The predicted octanol–water partition coefficient (Wildman–Crippen LogP) is 0.367. The standard InChI is InChI=1S/C12H16N4O3/c1-14-7-9(16(18)19)4-10(14)12(17)15-3-2-8-5-13-6-11(8)15/h4,7-8,11,13H,2-3,5-6H2,1H3/t8-,11+/m0/s1. The summed E-state index contributed by atoms with van der Waals surface area (Å²) in [5, 5.41) is 14.0. The van der Waals surface area contributed by atoms with E-state index in [1.807, 2.05) is 4.90 Å². The quantitative estimate of drug-likeness (QED) is 0.618. The highest BCUT2D eigenvalue weighted by Gasteiger charge is 2.40. The van der Waals surface area contributed by atoms with Crippen LogP contribution in [0.5, 0.6) is 0 Å². The van der Waals surface area contributed by atoms with E-state index in [9.17, 15) is 14.9 Å². The first-order chi connectivity index (χ1) is 9.08. The maximum Gasteiger partial charge on any atom is 0.287 e. The van der Waals surface area contributed by atoms with Crippen LogP contribution in [0.2, 0.25) is 0 Å². The lowest BCUT2D eigenvalue weighted by Gasteiger charge is -2.23. The molecule has 2 aliphatic rings. The molecular weight excluding hydrogens is 248 g/mol. The second-order valence-electron chi connectivity index (χ2n) is 5.22. The number of hydrogen-bond donors (Lipinski definition) is 1. The van der Waals surface area contributed by atoms with Crippen LogP contribution in [0.1, 0.15) is 16.9 Å². The van der Waals surface area contributed by atoms with Gasteiger partial charge in [0.1, 0.15) is 5.69 Å². The van der Waals surface area contributed by atoms with Gasteiger partial charge in [0, 0.05) is 38.8 Å². The predicted molar refractivity (Wildman–Crippen MR) is 67.9 cm³/mol. The number of aromatic nitrogens is 1. The van der Waals surface area contributed by atoms with Crippen LogP contribution < -0.4 is 5.32 Å². The van der Waals surface area contributed by atoms with Crippen molar-refractivity contribution in [3.63, 3.8) is 0 Å².